The van der Waals surface area contributed by atoms with E-state index >= 15 is 0 Å². The second kappa shape index (κ2) is 9.15. The number of rotatable bonds is 8. The number of carbonyl (C=O) groups excluding carboxylic acids is 1. The molecule has 0 amide bonds. The van der Waals surface area contributed by atoms with Crippen LogP contribution in [0.5, 0.6) is 5.75 Å². The van der Waals surface area contributed by atoms with Gasteiger partial charge in [-0.15, -0.1) is 0 Å². The molecule has 1 aromatic carbocycles. The predicted octanol–water partition coefficient (Wildman–Crippen LogP) is 2.85. The molecule has 0 aliphatic carbocycles. The third-order valence-corrected chi connectivity index (χ3v) is 3.16. The molecule has 0 unspecified atom stereocenters. The highest BCUT2D eigenvalue weighted by Crippen LogP contribution is 2.20. The number of aromatic nitrogens is 2. The van der Waals surface area contributed by atoms with Crippen molar-refractivity contribution in [1.82, 2.24) is 9.97 Å². The van der Waals surface area contributed by atoms with Crippen molar-refractivity contribution >= 4 is 11.8 Å². The fraction of sp³-hybridized carbons (Fsp3) is 0.421. The van der Waals surface area contributed by atoms with Crippen molar-refractivity contribution in [3.05, 3.63) is 36.7 Å². The first kappa shape index (κ1) is 19.7. The number of hydrogen-bond donors (Lipinski definition) is 1. The Labute approximate surface area is 153 Å². The lowest BCUT2D eigenvalue weighted by atomic mass is 10.1. The van der Waals surface area contributed by atoms with Crippen LogP contribution in [0.3, 0.4) is 0 Å². The van der Waals surface area contributed by atoms with Gasteiger partial charge in [0.25, 0.3) is 0 Å². The largest absolute Gasteiger partial charge is 0.494 e. The number of benzene rings is 1. The predicted molar refractivity (Wildman–Crippen MR) is 98.7 cm³/mol. The molecule has 0 aliphatic rings. The smallest absolute Gasteiger partial charge is 0.332 e. The summed E-state index contributed by atoms with van der Waals surface area (Å²) in [6.07, 6.45) is 3.83. The summed E-state index contributed by atoms with van der Waals surface area (Å²) in [5.74, 6) is 0.784. The molecule has 1 aromatic heterocycles. The van der Waals surface area contributed by atoms with Crippen LogP contribution in [-0.2, 0) is 14.3 Å². The Hall–Kier alpha value is -2.67. The maximum absolute atomic E-state index is 11.5. The molecule has 140 valence electrons. The van der Waals surface area contributed by atoms with Crippen LogP contribution in [0.2, 0.25) is 0 Å². The van der Waals surface area contributed by atoms with E-state index in [9.17, 15) is 4.79 Å². The summed E-state index contributed by atoms with van der Waals surface area (Å²) in [4.78, 5) is 19.7. The first-order chi connectivity index (χ1) is 12.3. The minimum Gasteiger partial charge on any atom is -0.494 e. The Morgan fingerprint density at radius 1 is 1.08 bits per heavy atom. The second-order valence-electron chi connectivity index (χ2n) is 6.69. The Morgan fingerprint density at radius 2 is 1.81 bits per heavy atom. The average Bonchev–Trinajstić information content (AvgIpc) is 2.58. The van der Waals surface area contributed by atoms with Crippen molar-refractivity contribution in [2.75, 3.05) is 25.6 Å². The van der Waals surface area contributed by atoms with Crippen molar-refractivity contribution in [2.24, 2.45) is 0 Å². The van der Waals surface area contributed by atoms with E-state index in [1.54, 1.807) is 6.20 Å². The summed E-state index contributed by atoms with van der Waals surface area (Å²) in [6, 6.07) is 7.56. The number of nitrogen functional groups attached to an aromatic ring is 1. The van der Waals surface area contributed by atoms with Crippen LogP contribution in [-0.4, -0.2) is 41.4 Å². The zero-order valence-corrected chi connectivity index (χ0v) is 15.4. The standard InChI is InChI=1S/C19H25N3O4/c1-19(2,3)26-18(23)13-24-9-4-10-25-15-7-5-14(6-8-15)16-11-22-17(20)12-21-16/h5-8,11-12H,4,9-10,13H2,1-3H3,(H2,20,22). The number of anilines is 1. The molecule has 0 spiro atoms. The molecule has 0 atom stereocenters. The molecular weight excluding hydrogens is 334 g/mol. The number of esters is 1. The van der Waals surface area contributed by atoms with Crippen LogP contribution >= 0.6 is 0 Å². The van der Waals surface area contributed by atoms with Gasteiger partial charge in [0.05, 0.1) is 31.3 Å². The van der Waals surface area contributed by atoms with Gasteiger partial charge in [0.15, 0.2) is 0 Å². The van der Waals surface area contributed by atoms with E-state index in [1.165, 1.54) is 6.20 Å². The van der Waals surface area contributed by atoms with Gasteiger partial charge in [-0.2, -0.15) is 0 Å². The van der Waals surface area contributed by atoms with Crippen molar-refractivity contribution in [3.8, 4) is 17.0 Å². The second-order valence-corrected chi connectivity index (χ2v) is 6.69. The van der Waals surface area contributed by atoms with Crippen molar-refractivity contribution in [3.63, 3.8) is 0 Å². The van der Waals surface area contributed by atoms with Crippen molar-refractivity contribution in [2.45, 2.75) is 32.8 Å². The highest BCUT2D eigenvalue weighted by Gasteiger charge is 2.15. The van der Waals surface area contributed by atoms with Crippen molar-refractivity contribution in [1.29, 1.82) is 0 Å². The van der Waals surface area contributed by atoms with E-state index in [-0.39, 0.29) is 12.6 Å². The van der Waals surface area contributed by atoms with E-state index in [4.69, 9.17) is 19.9 Å². The highest BCUT2D eigenvalue weighted by molar-refractivity contribution is 5.71. The summed E-state index contributed by atoms with van der Waals surface area (Å²) in [5.41, 5.74) is 6.73. The summed E-state index contributed by atoms with van der Waals surface area (Å²) in [7, 11) is 0. The van der Waals surface area contributed by atoms with E-state index in [2.05, 4.69) is 9.97 Å². The van der Waals surface area contributed by atoms with Crippen LogP contribution in [0.1, 0.15) is 27.2 Å². The molecular formula is C19H25N3O4. The van der Waals surface area contributed by atoms with Gasteiger partial charge in [-0.3, -0.25) is 4.98 Å². The summed E-state index contributed by atoms with van der Waals surface area (Å²) in [5, 5.41) is 0. The normalized spacial score (nSPS) is 11.2. The molecule has 7 heteroatoms. The quantitative estimate of drug-likeness (QED) is 0.572. The molecule has 0 saturated heterocycles. The lowest BCUT2D eigenvalue weighted by Gasteiger charge is -2.19. The van der Waals surface area contributed by atoms with Gasteiger partial charge in [-0.25, -0.2) is 9.78 Å². The number of hydrogen-bond acceptors (Lipinski definition) is 7. The van der Waals surface area contributed by atoms with Gasteiger partial charge in [0.2, 0.25) is 0 Å². The van der Waals surface area contributed by atoms with Crippen LogP contribution in [0, 0.1) is 0 Å². The molecule has 0 saturated carbocycles. The minimum atomic E-state index is -0.492. The van der Waals surface area contributed by atoms with Crippen LogP contribution in [0.4, 0.5) is 5.82 Å². The molecule has 0 radical (unpaired) electrons. The van der Waals surface area contributed by atoms with E-state index in [0.717, 1.165) is 17.0 Å². The van der Waals surface area contributed by atoms with Gasteiger partial charge in [0, 0.05) is 12.0 Å². The molecule has 2 N–H and O–H groups in total. The fourth-order valence-corrected chi connectivity index (χ4v) is 2.09. The van der Waals surface area contributed by atoms with Crippen LogP contribution < -0.4 is 10.5 Å². The monoisotopic (exact) mass is 359 g/mol. The zero-order valence-electron chi connectivity index (χ0n) is 15.4. The highest BCUT2D eigenvalue weighted by atomic mass is 16.6. The summed E-state index contributed by atoms with van der Waals surface area (Å²) in [6.45, 7) is 6.35. The van der Waals surface area contributed by atoms with Crippen LogP contribution in [0.15, 0.2) is 36.7 Å². The molecule has 0 fully saturated rings. The van der Waals surface area contributed by atoms with Gasteiger partial charge in [-0.05, 0) is 45.0 Å². The molecule has 2 aromatic rings. The van der Waals surface area contributed by atoms with Gasteiger partial charge in [0.1, 0.15) is 23.8 Å². The number of carbonyl (C=O) groups is 1. The van der Waals surface area contributed by atoms with E-state index in [0.29, 0.717) is 25.5 Å². The van der Waals surface area contributed by atoms with Gasteiger partial charge < -0.3 is 19.9 Å². The van der Waals surface area contributed by atoms with Crippen molar-refractivity contribution < 1.29 is 19.0 Å². The topological polar surface area (TPSA) is 96.6 Å². The van der Waals surface area contributed by atoms with Crippen LogP contribution in [0.25, 0.3) is 11.3 Å². The first-order valence-electron chi connectivity index (χ1n) is 8.44. The Morgan fingerprint density at radius 3 is 2.42 bits per heavy atom. The summed E-state index contributed by atoms with van der Waals surface area (Å²) >= 11 is 0. The number of ether oxygens (including phenoxy) is 3. The first-order valence-corrected chi connectivity index (χ1v) is 8.44. The number of nitrogens with two attached hydrogens (primary N) is 1. The lowest BCUT2D eigenvalue weighted by molar-refractivity contribution is -0.160. The molecule has 1 heterocycles. The molecule has 2 rings (SSSR count). The maximum atomic E-state index is 11.5. The summed E-state index contributed by atoms with van der Waals surface area (Å²) < 4.78 is 16.1. The maximum Gasteiger partial charge on any atom is 0.332 e. The SMILES string of the molecule is CC(C)(C)OC(=O)COCCCOc1ccc(-c2cnc(N)cn2)cc1. The Kier molecular flexibility index (Phi) is 6.91. The molecule has 0 bridgehead atoms. The third-order valence-electron chi connectivity index (χ3n) is 3.16. The fourth-order valence-electron chi connectivity index (χ4n) is 2.09. The molecule has 0 aliphatic heterocycles. The lowest BCUT2D eigenvalue weighted by Crippen LogP contribution is -2.26. The third kappa shape index (κ3) is 7.06. The Bertz CT molecular complexity index is 694. The van der Waals surface area contributed by atoms with Gasteiger partial charge >= 0.3 is 5.97 Å². The molecule has 26 heavy (non-hydrogen) atoms. The van der Waals surface area contributed by atoms with Gasteiger partial charge in [-0.1, -0.05) is 0 Å². The number of nitrogens with zero attached hydrogens (tertiary/aromatic N) is 2. The average molecular weight is 359 g/mol. The Balaban J connectivity index is 1.66. The zero-order chi connectivity index (χ0) is 19.0. The van der Waals surface area contributed by atoms with E-state index < -0.39 is 5.60 Å². The minimum absolute atomic E-state index is 0.0470. The van der Waals surface area contributed by atoms with E-state index in [1.807, 2.05) is 45.0 Å². The molecule has 7 nitrogen and oxygen atoms in total.